The zero-order valence-corrected chi connectivity index (χ0v) is 21.3. The zero-order chi connectivity index (χ0) is 25.2. The third-order valence-corrected chi connectivity index (χ3v) is 8.41. The van der Waals surface area contributed by atoms with Gasteiger partial charge >= 0.3 is 6.18 Å². The summed E-state index contributed by atoms with van der Waals surface area (Å²) < 4.78 is 76.4. The Bertz CT molecular complexity index is 811. The van der Waals surface area contributed by atoms with Crippen molar-refractivity contribution in [3.05, 3.63) is 29.8 Å². The molecule has 1 aromatic rings. The summed E-state index contributed by atoms with van der Waals surface area (Å²) in [7, 11) is 1.47. The molecular formula is C24H39F3N2O4S. The summed E-state index contributed by atoms with van der Waals surface area (Å²) in [5.74, 6) is 0. The number of likely N-dealkylation sites (N-methyl/N-ethyl adjacent to an activating group) is 1. The molecule has 0 atom stereocenters. The van der Waals surface area contributed by atoms with E-state index in [4.69, 9.17) is 9.47 Å². The van der Waals surface area contributed by atoms with Crippen molar-refractivity contribution in [2.24, 2.45) is 0 Å². The quantitative estimate of drug-likeness (QED) is 0.338. The maximum atomic E-state index is 12.9. The summed E-state index contributed by atoms with van der Waals surface area (Å²) in [5, 5.41) is 0. The van der Waals surface area contributed by atoms with Gasteiger partial charge in [0.2, 0.25) is 10.0 Å². The van der Waals surface area contributed by atoms with Crippen LogP contribution in [0.1, 0.15) is 56.9 Å². The van der Waals surface area contributed by atoms with Crippen molar-refractivity contribution < 1.29 is 31.1 Å². The molecule has 34 heavy (non-hydrogen) atoms. The van der Waals surface area contributed by atoms with Crippen molar-refractivity contribution in [3.63, 3.8) is 0 Å². The van der Waals surface area contributed by atoms with Gasteiger partial charge in [-0.25, -0.2) is 8.42 Å². The molecule has 0 aliphatic heterocycles. The van der Waals surface area contributed by atoms with Gasteiger partial charge in [0.15, 0.2) is 0 Å². The molecule has 0 amide bonds. The van der Waals surface area contributed by atoms with Crippen LogP contribution in [0.25, 0.3) is 0 Å². The highest BCUT2D eigenvalue weighted by atomic mass is 32.2. The van der Waals surface area contributed by atoms with Crippen molar-refractivity contribution in [1.82, 2.24) is 9.21 Å². The van der Waals surface area contributed by atoms with Gasteiger partial charge in [-0.3, -0.25) is 0 Å². The van der Waals surface area contributed by atoms with Crippen LogP contribution in [-0.4, -0.2) is 77.3 Å². The molecule has 0 spiro atoms. The first-order chi connectivity index (χ1) is 16.1. The number of hydrogen-bond donors (Lipinski definition) is 0. The predicted octanol–water partition coefficient (Wildman–Crippen LogP) is 4.79. The van der Waals surface area contributed by atoms with Gasteiger partial charge in [-0.2, -0.15) is 17.5 Å². The maximum Gasteiger partial charge on any atom is 0.416 e. The molecule has 1 aliphatic carbocycles. The van der Waals surface area contributed by atoms with Crippen LogP contribution in [0.15, 0.2) is 29.2 Å². The van der Waals surface area contributed by atoms with Crippen LogP contribution in [0.2, 0.25) is 0 Å². The van der Waals surface area contributed by atoms with Gasteiger partial charge in [0.25, 0.3) is 0 Å². The fourth-order valence-corrected chi connectivity index (χ4v) is 5.62. The van der Waals surface area contributed by atoms with Gasteiger partial charge in [-0.15, -0.1) is 0 Å². The molecule has 10 heteroatoms. The Balaban J connectivity index is 1.67. The fraction of sp³-hybridized carbons (Fsp3) is 0.750. The minimum atomic E-state index is -4.49. The average molecular weight is 509 g/mol. The lowest BCUT2D eigenvalue weighted by atomic mass is 9.93. The molecule has 0 saturated heterocycles. The lowest BCUT2D eigenvalue weighted by Gasteiger charge is -2.34. The minimum absolute atomic E-state index is 0.119. The van der Waals surface area contributed by atoms with Crippen molar-refractivity contribution >= 4 is 10.0 Å². The SMILES string of the molecule is COCCN(C)CCCCCCO[C@H]1CC[C@H](N(C)S(=O)(=O)c2ccc(C(F)(F)F)cc2)CC1. The lowest BCUT2D eigenvalue weighted by Crippen LogP contribution is -2.40. The molecule has 0 radical (unpaired) electrons. The number of alkyl halides is 3. The number of unbranched alkanes of at least 4 members (excludes halogenated alkanes) is 3. The molecule has 2 rings (SSSR count). The van der Waals surface area contributed by atoms with Crippen LogP contribution in [0, 0.1) is 0 Å². The molecule has 1 fully saturated rings. The van der Waals surface area contributed by atoms with Crippen LogP contribution in [0.5, 0.6) is 0 Å². The Morgan fingerprint density at radius 2 is 1.53 bits per heavy atom. The van der Waals surface area contributed by atoms with Gasteiger partial charge in [0, 0.05) is 33.4 Å². The molecule has 0 bridgehead atoms. The molecule has 0 aromatic heterocycles. The number of sulfonamides is 1. The summed E-state index contributed by atoms with van der Waals surface area (Å²) in [6.45, 7) is 3.48. The summed E-state index contributed by atoms with van der Waals surface area (Å²) in [6.07, 6.45) is 3.02. The second kappa shape index (κ2) is 13.8. The average Bonchev–Trinajstić information content (AvgIpc) is 2.81. The van der Waals surface area contributed by atoms with Crippen LogP contribution in [0.3, 0.4) is 0 Å². The largest absolute Gasteiger partial charge is 0.416 e. The van der Waals surface area contributed by atoms with E-state index in [1.165, 1.54) is 17.8 Å². The standard InChI is InChI=1S/C24H39F3N2O4S/c1-28(17-19-32-3)16-6-4-5-7-18-33-22-12-10-21(11-13-22)29(2)34(30,31)23-14-8-20(9-15-23)24(25,26)27/h8-9,14-15,21-22H,4-7,10-13,16-19H2,1-3H3/t21-,22-. The first kappa shape index (κ1) is 29.0. The second-order valence-electron chi connectivity index (χ2n) is 9.05. The number of nitrogens with zero attached hydrogens (tertiary/aromatic N) is 2. The Morgan fingerprint density at radius 3 is 2.12 bits per heavy atom. The number of ether oxygens (including phenoxy) is 2. The zero-order valence-electron chi connectivity index (χ0n) is 20.5. The molecule has 1 aliphatic rings. The van der Waals surface area contributed by atoms with Gasteiger partial charge in [0.05, 0.1) is 23.2 Å². The number of hydrogen-bond acceptors (Lipinski definition) is 5. The first-order valence-electron chi connectivity index (χ1n) is 12.0. The summed E-state index contributed by atoms with van der Waals surface area (Å²) in [4.78, 5) is 2.15. The fourth-order valence-electron chi connectivity index (χ4n) is 4.20. The highest BCUT2D eigenvalue weighted by Crippen LogP contribution is 2.32. The predicted molar refractivity (Wildman–Crippen MR) is 126 cm³/mol. The van der Waals surface area contributed by atoms with Crippen LogP contribution >= 0.6 is 0 Å². The minimum Gasteiger partial charge on any atom is -0.383 e. The van der Waals surface area contributed by atoms with Gasteiger partial charge < -0.3 is 14.4 Å². The van der Waals surface area contributed by atoms with Gasteiger partial charge in [-0.1, -0.05) is 12.8 Å². The Labute approximate surface area is 202 Å². The van der Waals surface area contributed by atoms with Crippen LogP contribution in [0.4, 0.5) is 13.2 Å². The number of halogens is 3. The van der Waals surface area contributed by atoms with Crippen LogP contribution < -0.4 is 0 Å². The van der Waals surface area contributed by atoms with Crippen molar-refractivity contribution in [3.8, 4) is 0 Å². The topological polar surface area (TPSA) is 59.1 Å². The van der Waals surface area contributed by atoms with E-state index in [2.05, 4.69) is 11.9 Å². The van der Waals surface area contributed by atoms with Gasteiger partial charge in [0.1, 0.15) is 0 Å². The smallest absolute Gasteiger partial charge is 0.383 e. The Morgan fingerprint density at radius 1 is 0.912 bits per heavy atom. The van der Waals surface area contributed by atoms with E-state index >= 15 is 0 Å². The highest BCUT2D eigenvalue weighted by molar-refractivity contribution is 7.89. The number of methoxy groups -OCH3 is 1. The first-order valence-corrected chi connectivity index (χ1v) is 13.4. The lowest BCUT2D eigenvalue weighted by molar-refractivity contribution is -0.137. The number of benzene rings is 1. The molecule has 6 nitrogen and oxygen atoms in total. The van der Waals surface area contributed by atoms with Crippen molar-refractivity contribution in [1.29, 1.82) is 0 Å². The molecule has 1 saturated carbocycles. The van der Waals surface area contributed by atoms with Crippen molar-refractivity contribution in [2.75, 3.05) is 47.5 Å². The van der Waals surface area contributed by atoms with Crippen LogP contribution in [-0.2, 0) is 25.7 Å². The summed E-state index contributed by atoms with van der Waals surface area (Å²) in [5.41, 5.74) is -0.860. The summed E-state index contributed by atoms with van der Waals surface area (Å²) in [6, 6.07) is 3.50. The van der Waals surface area contributed by atoms with Gasteiger partial charge in [-0.05, 0) is 76.4 Å². The second-order valence-corrected chi connectivity index (χ2v) is 11.1. The molecule has 1 aromatic carbocycles. The molecule has 0 heterocycles. The molecule has 0 N–H and O–H groups in total. The van der Waals surface area contributed by atoms with E-state index in [1.807, 2.05) is 0 Å². The van der Waals surface area contributed by atoms with E-state index in [0.29, 0.717) is 19.4 Å². The maximum absolute atomic E-state index is 12.9. The van der Waals surface area contributed by atoms with E-state index in [9.17, 15) is 21.6 Å². The molecule has 196 valence electrons. The van der Waals surface area contributed by atoms with E-state index in [-0.39, 0.29) is 17.0 Å². The van der Waals surface area contributed by atoms with E-state index in [0.717, 1.165) is 76.1 Å². The van der Waals surface area contributed by atoms with E-state index in [1.54, 1.807) is 7.11 Å². The molecular weight excluding hydrogens is 469 g/mol. The third-order valence-electron chi connectivity index (χ3n) is 6.48. The Hall–Kier alpha value is -1.20. The summed E-state index contributed by atoms with van der Waals surface area (Å²) >= 11 is 0. The van der Waals surface area contributed by atoms with E-state index < -0.39 is 21.8 Å². The highest BCUT2D eigenvalue weighted by Gasteiger charge is 2.34. The third kappa shape index (κ3) is 9.11. The monoisotopic (exact) mass is 508 g/mol. The Kier molecular flexibility index (Phi) is 11.8. The molecule has 0 unspecified atom stereocenters. The normalized spacial score (nSPS) is 19.8. The van der Waals surface area contributed by atoms with Crippen molar-refractivity contribution in [2.45, 2.75) is 74.6 Å². The number of rotatable bonds is 14.